The van der Waals surface area contributed by atoms with Gasteiger partial charge in [0.2, 0.25) is 5.91 Å². The summed E-state index contributed by atoms with van der Waals surface area (Å²) in [6, 6.07) is -1.06. The van der Waals surface area contributed by atoms with Gasteiger partial charge in [0.1, 0.15) is 6.04 Å². The summed E-state index contributed by atoms with van der Waals surface area (Å²) in [5.41, 5.74) is 8.20. The molecular weight excluding hydrogens is 202 g/mol. The summed E-state index contributed by atoms with van der Waals surface area (Å²) in [5.74, 6) is -1.97. The van der Waals surface area contributed by atoms with Crippen LogP contribution in [0.25, 0.3) is 5.53 Å². The molecule has 0 aromatic rings. The zero-order valence-corrected chi connectivity index (χ0v) is 8.32. The molecule has 3 N–H and O–H groups in total. The van der Waals surface area contributed by atoms with E-state index in [0.29, 0.717) is 0 Å². The van der Waals surface area contributed by atoms with Gasteiger partial charge < -0.3 is 21.1 Å². The van der Waals surface area contributed by atoms with Gasteiger partial charge in [-0.15, -0.1) is 0 Å². The van der Waals surface area contributed by atoms with Crippen molar-refractivity contribution >= 4 is 17.7 Å². The molecule has 0 radical (unpaired) electrons. The van der Waals surface area contributed by atoms with Crippen molar-refractivity contribution < 1.29 is 24.6 Å². The molecule has 0 fully saturated rings. The molecule has 0 bridgehead atoms. The first-order valence-corrected chi connectivity index (χ1v) is 4.36. The molecule has 0 heterocycles. The van der Waals surface area contributed by atoms with Crippen LogP contribution in [0, 0.1) is 0 Å². The van der Waals surface area contributed by atoms with Gasteiger partial charge in [0.15, 0.2) is 12.3 Å². The van der Waals surface area contributed by atoms with Crippen LogP contribution >= 0.6 is 0 Å². The highest BCUT2D eigenvalue weighted by Gasteiger charge is 2.19. The molecule has 0 unspecified atom stereocenters. The Balaban J connectivity index is 4.06. The van der Waals surface area contributed by atoms with Gasteiger partial charge in [0.25, 0.3) is 0 Å². The van der Waals surface area contributed by atoms with Crippen LogP contribution in [0.5, 0.6) is 0 Å². The van der Waals surface area contributed by atoms with E-state index in [-0.39, 0.29) is 25.2 Å². The Morgan fingerprint density at radius 1 is 1.47 bits per heavy atom. The number of carboxylic acids is 1. The predicted octanol–water partition coefficient (Wildman–Crippen LogP) is -1.97. The second-order valence-corrected chi connectivity index (χ2v) is 3.00. The average Bonchev–Trinajstić information content (AvgIpc) is 2.11. The van der Waals surface area contributed by atoms with E-state index in [9.17, 15) is 14.4 Å². The molecule has 0 aliphatic heterocycles. The third-order valence-corrected chi connectivity index (χ3v) is 1.66. The largest absolute Gasteiger partial charge is 0.508 e. The molecule has 0 saturated heterocycles. The first kappa shape index (κ1) is 13.2. The standard InChI is InChI=1S/C8H13N3O4/c1-5(12)11-7(8(14)15)3-2-6(13)4-10-9/h7,10H,2-4H2,1H3,(H,11,12)(H,14,15)/t7-/m0/s1. The zero-order valence-electron chi connectivity index (χ0n) is 8.32. The Hall–Kier alpha value is -1.79. The van der Waals surface area contributed by atoms with Gasteiger partial charge in [-0.1, -0.05) is 0 Å². The first-order chi connectivity index (χ1) is 6.97. The van der Waals surface area contributed by atoms with Crippen molar-refractivity contribution in [3.63, 3.8) is 0 Å². The summed E-state index contributed by atoms with van der Waals surface area (Å²) >= 11 is 0. The van der Waals surface area contributed by atoms with E-state index < -0.39 is 17.9 Å². The highest BCUT2D eigenvalue weighted by atomic mass is 16.4. The lowest BCUT2D eigenvalue weighted by molar-refractivity contribution is -0.467. The van der Waals surface area contributed by atoms with Crippen LogP contribution in [-0.4, -0.2) is 35.4 Å². The number of aliphatic carboxylic acids is 1. The maximum absolute atomic E-state index is 10.9. The van der Waals surface area contributed by atoms with E-state index in [0.717, 1.165) is 0 Å². The topological polar surface area (TPSA) is 120 Å². The van der Waals surface area contributed by atoms with Crippen LogP contribution in [0.3, 0.4) is 0 Å². The van der Waals surface area contributed by atoms with Crippen LogP contribution in [0.1, 0.15) is 19.8 Å². The molecule has 0 aromatic heterocycles. The van der Waals surface area contributed by atoms with Crippen LogP contribution in [-0.2, 0) is 14.4 Å². The van der Waals surface area contributed by atoms with Gasteiger partial charge in [-0.3, -0.25) is 9.59 Å². The van der Waals surface area contributed by atoms with Crippen molar-refractivity contribution in [2.45, 2.75) is 25.8 Å². The Kier molecular flexibility index (Phi) is 5.84. The molecule has 7 nitrogen and oxygen atoms in total. The number of carbonyl (C=O) groups excluding carboxylic acids is 2. The Morgan fingerprint density at radius 2 is 2.07 bits per heavy atom. The Labute approximate surface area is 86.4 Å². The summed E-state index contributed by atoms with van der Waals surface area (Å²) in [6.45, 7) is 0.972. The fourth-order valence-corrected chi connectivity index (χ4v) is 0.985. The maximum Gasteiger partial charge on any atom is 0.326 e. The van der Waals surface area contributed by atoms with Crippen LogP contribution < -0.4 is 10.4 Å². The third-order valence-electron chi connectivity index (χ3n) is 1.66. The van der Waals surface area contributed by atoms with Crippen molar-refractivity contribution in [2.24, 2.45) is 0 Å². The number of hydrogen-bond donors (Lipinski definition) is 3. The lowest BCUT2D eigenvalue weighted by Crippen LogP contribution is -2.65. The monoisotopic (exact) mass is 215 g/mol. The molecule has 0 saturated carbocycles. The number of amides is 1. The highest BCUT2D eigenvalue weighted by molar-refractivity contribution is 5.83. The van der Waals surface area contributed by atoms with E-state index in [1.54, 1.807) is 5.11 Å². The van der Waals surface area contributed by atoms with Gasteiger partial charge in [-0.2, -0.15) is 0 Å². The number of nitrogens with zero attached hydrogens (tertiary/aromatic N) is 1. The number of rotatable bonds is 7. The number of ketones is 1. The smallest absolute Gasteiger partial charge is 0.326 e. The molecule has 0 aliphatic rings. The fraction of sp³-hybridized carbons (Fsp3) is 0.625. The average molecular weight is 215 g/mol. The van der Waals surface area contributed by atoms with Gasteiger partial charge in [0.05, 0.1) is 0 Å². The molecule has 0 aromatic carbocycles. The quantitative estimate of drug-likeness (QED) is 0.426. The van der Waals surface area contributed by atoms with Gasteiger partial charge >= 0.3 is 5.97 Å². The van der Waals surface area contributed by atoms with Crippen molar-refractivity contribution in [1.82, 2.24) is 5.32 Å². The van der Waals surface area contributed by atoms with E-state index in [2.05, 4.69) is 5.32 Å². The predicted molar refractivity (Wildman–Crippen MR) is 48.7 cm³/mol. The molecule has 15 heavy (non-hydrogen) atoms. The number of carbonyl (C=O) groups is 3. The summed E-state index contributed by atoms with van der Waals surface area (Å²) in [6.07, 6.45) is -0.0137. The molecular formula is C8H13N3O4. The van der Waals surface area contributed by atoms with Crippen molar-refractivity contribution in [1.29, 1.82) is 0 Å². The van der Waals surface area contributed by atoms with Crippen LogP contribution in [0.2, 0.25) is 0 Å². The molecule has 1 amide bonds. The van der Waals surface area contributed by atoms with E-state index >= 15 is 0 Å². The van der Waals surface area contributed by atoms with Crippen LogP contribution in [0.15, 0.2) is 0 Å². The van der Waals surface area contributed by atoms with Crippen molar-refractivity contribution in [3.05, 3.63) is 5.53 Å². The number of Topliss-reactive ketones (excluding diaryl/α,β-unsaturated/α-hetero) is 1. The van der Waals surface area contributed by atoms with Crippen molar-refractivity contribution in [3.8, 4) is 0 Å². The lowest BCUT2D eigenvalue weighted by Gasteiger charge is -2.11. The van der Waals surface area contributed by atoms with Crippen LogP contribution in [0.4, 0.5) is 0 Å². The molecule has 0 rings (SSSR count). The van der Waals surface area contributed by atoms with Gasteiger partial charge in [-0.25, -0.2) is 4.79 Å². The summed E-state index contributed by atoms with van der Waals surface area (Å²) in [7, 11) is 0. The number of hydrogen-bond acceptors (Lipinski definition) is 3. The Morgan fingerprint density at radius 3 is 2.47 bits per heavy atom. The lowest BCUT2D eigenvalue weighted by atomic mass is 10.1. The summed E-state index contributed by atoms with van der Waals surface area (Å²) < 4.78 is 0. The fourth-order valence-electron chi connectivity index (χ4n) is 0.985. The normalized spacial score (nSPS) is 11.5. The molecule has 84 valence electrons. The molecule has 0 spiro atoms. The second-order valence-electron chi connectivity index (χ2n) is 3.00. The third kappa shape index (κ3) is 6.30. The molecule has 7 heteroatoms. The highest BCUT2D eigenvalue weighted by Crippen LogP contribution is 1.98. The second kappa shape index (κ2) is 6.63. The number of carboxylic acid groups (broad SMARTS) is 1. The van der Waals surface area contributed by atoms with E-state index in [1.807, 2.05) is 0 Å². The molecule has 0 aliphatic carbocycles. The molecule has 1 atom stereocenters. The SMILES string of the molecule is CC(=O)N[C@@H](CCC(=O)C[NH+]=[N-])C(=O)O. The summed E-state index contributed by atoms with van der Waals surface area (Å²) in [5, 5.41) is 12.6. The Bertz CT molecular complexity index is 277. The first-order valence-electron chi connectivity index (χ1n) is 4.36. The summed E-state index contributed by atoms with van der Waals surface area (Å²) in [4.78, 5) is 32.2. The van der Waals surface area contributed by atoms with Gasteiger partial charge in [0, 0.05) is 13.3 Å². The van der Waals surface area contributed by atoms with E-state index in [4.69, 9.17) is 10.6 Å². The van der Waals surface area contributed by atoms with E-state index in [1.165, 1.54) is 6.92 Å². The number of nitrogens with one attached hydrogen (secondary N) is 2. The maximum atomic E-state index is 10.9. The van der Waals surface area contributed by atoms with Crippen molar-refractivity contribution in [2.75, 3.05) is 6.54 Å². The van der Waals surface area contributed by atoms with Gasteiger partial charge in [-0.05, 0) is 6.42 Å². The minimum absolute atomic E-state index is 0.00935. The minimum atomic E-state index is -1.19. The minimum Gasteiger partial charge on any atom is -0.508 e. The zero-order chi connectivity index (χ0) is 11.8.